The van der Waals surface area contributed by atoms with Gasteiger partial charge >= 0.3 is 0 Å². The molecule has 0 radical (unpaired) electrons. The van der Waals surface area contributed by atoms with E-state index >= 15 is 0 Å². The van der Waals surface area contributed by atoms with Crippen molar-refractivity contribution in [3.8, 4) is 0 Å². The van der Waals surface area contributed by atoms with Crippen molar-refractivity contribution in [2.75, 3.05) is 32.0 Å². The van der Waals surface area contributed by atoms with E-state index in [1.165, 1.54) is 0 Å². The van der Waals surface area contributed by atoms with Gasteiger partial charge in [0.2, 0.25) is 0 Å². The zero-order valence-electron chi connectivity index (χ0n) is 13.8. The molecule has 5 heteroatoms. The van der Waals surface area contributed by atoms with E-state index in [2.05, 4.69) is 47.1 Å². The number of nitrogens with two attached hydrogens (primary N) is 1. The van der Waals surface area contributed by atoms with Crippen molar-refractivity contribution in [1.82, 2.24) is 14.9 Å². The Bertz CT molecular complexity index is 599. The van der Waals surface area contributed by atoms with Gasteiger partial charge in [0.1, 0.15) is 11.6 Å². The number of nitrogens with zero attached hydrogens (tertiary/aromatic N) is 3. The van der Waals surface area contributed by atoms with Crippen LogP contribution in [0.2, 0.25) is 0 Å². The molecule has 0 aliphatic rings. The number of fused-ring (bicyclic) bond motifs is 1. The number of hydrogen-bond donors (Lipinski definition) is 2. The normalized spacial score (nSPS) is 12.8. The quantitative estimate of drug-likeness (QED) is 0.783. The van der Waals surface area contributed by atoms with Crippen LogP contribution >= 0.6 is 0 Å². The number of aromatic nitrogens is 2. The molecule has 0 fully saturated rings. The second-order valence-corrected chi connectivity index (χ2v) is 5.56. The van der Waals surface area contributed by atoms with Gasteiger partial charge in [-0.3, -0.25) is 0 Å². The maximum Gasteiger partial charge on any atom is 0.137 e. The molecule has 1 unspecified atom stereocenters. The standard InChI is InChI=1S/C17H27N5/c1-4-13(22(3)5-2)12-19-17-14-8-6-7-9-15(14)20-16(21-17)10-11-18/h6-9,13H,4-5,10-12,18H2,1-3H3,(H,19,20,21). The van der Waals surface area contributed by atoms with Gasteiger partial charge in [0, 0.05) is 24.4 Å². The maximum atomic E-state index is 5.65. The predicted molar refractivity (Wildman–Crippen MR) is 93.2 cm³/mol. The SMILES string of the molecule is CCC(CNc1nc(CCN)nc2ccccc12)N(C)CC. The van der Waals surface area contributed by atoms with Crippen LogP contribution in [0.1, 0.15) is 26.1 Å². The average Bonchev–Trinajstić information content (AvgIpc) is 2.55. The summed E-state index contributed by atoms with van der Waals surface area (Å²) in [6, 6.07) is 8.61. The molecule has 0 aliphatic heterocycles. The Balaban J connectivity index is 2.25. The van der Waals surface area contributed by atoms with Crippen LogP contribution in [-0.2, 0) is 6.42 Å². The third-order valence-electron chi connectivity index (χ3n) is 4.12. The summed E-state index contributed by atoms with van der Waals surface area (Å²) in [5, 5.41) is 4.59. The summed E-state index contributed by atoms with van der Waals surface area (Å²) in [5.74, 6) is 1.72. The molecule has 0 saturated carbocycles. The minimum absolute atomic E-state index is 0.497. The molecule has 5 nitrogen and oxygen atoms in total. The van der Waals surface area contributed by atoms with Crippen molar-refractivity contribution in [2.45, 2.75) is 32.7 Å². The second-order valence-electron chi connectivity index (χ2n) is 5.56. The lowest BCUT2D eigenvalue weighted by Gasteiger charge is -2.26. The van der Waals surface area contributed by atoms with Crippen LogP contribution in [0.25, 0.3) is 10.9 Å². The monoisotopic (exact) mass is 301 g/mol. The number of anilines is 1. The largest absolute Gasteiger partial charge is 0.368 e. The van der Waals surface area contributed by atoms with E-state index in [0.717, 1.165) is 42.1 Å². The molecule has 1 aromatic heterocycles. The molecule has 120 valence electrons. The summed E-state index contributed by atoms with van der Waals surface area (Å²) in [4.78, 5) is 11.6. The Labute approximate surface area is 132 Å². The van der Waals surface area contributed by atoms with Crippen molar-refractivity contribution in [3.05, 3.63) is 30.1 Å². The van der Waals surface area contributed by atoms with Crippen molar-refractivity contribution in [2.24, 2.45) is 5.73 Å². The Morgan fingerprint density at radius 3 is 2.68 bits per heavy atom. The molecule has 3 N–H and O–H groups in total. The molecule has 1 heterocycles. The summed E-state index contributed by atoms with van der Waals surface area (Å²) < 4.78 is 0. The molecule has 2 rings (SSSR count). The minimum Gasteiger partial charge on any atom is -0.368 e. The van der Waals surface area contributed by atoms with Crippen LogP contribution in [0.5, 0.6) is 0 Å². The average molecular weight is 301 g/mol. The van der Waals surface area contributed by atoms with E-state index in [9.17, 15) is 0 Å². The fourth-order valence-electron chi connectivity index (χ4n) is 2.58. The third-order valence-corrected chi connectivity index (χ3v) is 4.12. The minimum atomic E-state index is 0.497. The predicted octanol–water partition coefficient (Wildman–Crippen LogP) is 2.27. The van der Waals surface area contributed by atoms with E-state index in [-0.39, 0.29) is 0 Å². The lowest BCUT2D eigenvalue weighted by molar-refractivity contribution is 0.258. The molecule has 1 atom stereocenters. The fraction of sp³-hybridized carbons (Fsp3) is 0.529. The van der Waals surface area contributed by atoms with Crippen LogP contribution in [0.15, 0.2) is 24.3 Å². The summed E-state index contributed by atoms with van der Waals surface area (Å²) in [5.41, 5.74) is 6.62. The van der Waals surface area contributed by atoms with E-state index in [1.807, 2.05) is 18.2 Å². The van der Waals surface area contributed by atoms with E-state index in [1.54, 1.807) is 0 Å². The number of para-hydroxylation sites is 1. The first-order valence-electron chi connectivity index (χ1n) is 8.09. The van der Waals surface area contributed by atoms with Gasteiger partial charge in [-0.05, 0) is 38.7 Å². The van der Waals surface area contributed by atoms with Crippen LogP contribution < -0.4 is 11.1 Å². The molecule has 1 aromatic carbocycles. The highest BCUT2D eigenvalue weighted by Gasteiger charge is 2.13. The highest BCUT2D eigenvalue weighted by molar-refractivity contribution is 5.88. The summed E-state index contributed by atoms with van der Waals surface area (Å²) in [6.45, 7) is 6.89. The molecule has 0 saturated heterocycles. The fourth-order valence-corrected chi connectivity index (χ4v) is 2.58. The van der Waals surface area contributed by atoms with Crippen LogP contribution in [-0.4, -0.2) is 47.6 Å². The van der Waals surface area contributed by atoms with Gasteiger partial charge in [-0.25, -0.2) is 9.97 Å². The van der Waals surface area contributed by atoms with Crippen molar-refractivity contribution in [3.63, 3.8) is 0 Å². The van der Waals surface area contributed by atoms with Crippen molar-refractivity contribution >= 4 is 16.7 Å². The van der Waals surface area contributed by atoms with Gasteiger partial charge in [0.25, 0.3) is 0 Å². The van der Waals surface area contributed by atoms with E-state index < -0.39 is 0 Å². The molecular weight excluding hydrogens is 274 g/mol. The first-order chi connectivity index (χ1) is 10.7. The summed E-state index contributed by atoms with van der Waals surface area (Å²) in [6.07, 6.45) is 1.81. The topological polar surface area (TPSA) is 67.1 Å². The zero-order chi connectivity index (χ0) is 15.9. The van der Waals surface area contributed by atoms with E-state index in [4.69, 9.17) is 5.73 Å². The summed E-state index contributed by atoms with van der Waals surface area (Å²) in [7, 11) is 2.16. The molecule has 0 bridgehead atoms. The first-order valence-corrected chi connectivity index (χ1v) is 8.09. The number of likely N-dealkylation sites (N-methyl/N-ethyl adjacent to an activating group) is 1. The van der Waals surface area contributed by atoms with Gasteiger partial charge in [-0.2, -0.15) is 0 Å². The van der Waals surface area contributed by atoms with Crippen LogP contribution in [0.3, 0.4) is 0 Å². The van der Waals surface area contributed by atoms with Gasteiger partial charge in [0.15, 0.2) is 0 Å². The van der Waals surface area contributed by atoms with Gasteiger partial charge in [-0.1, -0.05) is 26.0 Å². The molecule has 0 amide bonds. The number of rotatable bonds is 8. The van der Waals surface area contributed by atoms with Gasteiger partial charge < -0.3 is 16.0 Å². The molecule has 22 heavy (non-hydrogen) atoms. The number of benzene rings is 1. The second kappa shape index (κ2) is 8.06. The van der Waals surface area contributed by atoms with Crippen LogP contribution in [0, 0.1) is 0 Å². The smallest absolute Gasteiger partial charge is 0.137 e. The number of hydrogen-bond acceptors (Lipinski definition) is 5. The Kier molecular flexibility index (Phi) is 6.10. The van der Waals surface area contributed by atoms with Crippen molar-refractivity contribution in [1.29, 1.82) is 0 Å². The van der Waals surface area contributed by atoms with Gasteiger partial charge in [0.05, 0.1) is 5.52 Å². The molecule has 0 spiro atoms. The summed E-state index contributed by atoms with van der Waals surface area (Å²) >= 11 is 0. The third kappa shape index (κ3) is 3.93. The molecular formula is C17H27N5. The molecule has 0 aliphatic carbocycles. The first kappa shape index (κ1) is 16.6. The van der Waals surface area contributed by atoms with Gasteiger partial charge in [-0.15, -0.1) is 0 Å². The van der Waals surface area contributed by atoms with E-state index in [0.29, 0.717) is 19.0 Å². The Morgan fingerprint density at radius 2 is 2.00 bits per heavy atom. The number of nitrogens with one attached hydrogen (secondary N) is 1. The highest BCUT2D eigenvalue weighted by Crippen LogP contribution is 2.20. The zero-order valence-corrected chi connectivity index (χ0v) is 13.8. The van der Waals surface area contributed by atoms with Crippen LogP contribution in [0.4, 0.5) is 5.82 Å². The lowest BCUT2D eigenvalue weighted by atomic mass is 10.2. The lowest BCUT2D eigenvalue weighted by Crippen LogP contribution is -2.36. The Morgan fingerprint density at radius 1 is 1.23 bits per heavy atom. The van der Waals surface area contributed by atoms with Crippen molar-refractivity contribution < 1.29 is 0 Å². The highest BCUT2D eigenvalue weighted by atomic mass is 15.2. The Hall–Kier alpha value is -1.72. The molecule has 2 aromatic rings. The maximum absolute atomic E-state index is 5.65.